The number of nitrogens with zero attached hydrogens (tertiary/aromatic N) is 1. The molecule has 0 spiro atoms. The predicted octanol–water partition coefficient (Wildman–Crippen LogP) is 3.15. The summed E-state index contributed by atoms with van der Waals surface area (Å²) >= 11 is 0. The molecule has 0 atom stereocenters. The number of rotatable bonds is 12. The Morgan fingerprint density at radius 1 is 1.04 bits per heavy atom. The van der Waals surface area contributed by atoms with E-state index in [1.807, 2.05) is 0 Å². The molecule has 1 amide bonds. The number of hydrogen-bond donors (Lipinski definition) is 1. The summed E-state index contributed by atoms with van der Waals surface area (Å²) in [7, 11) is 5.24. The maximum atomic E-state index is 11.8. The number of nitrogens with one attached hydrogen (secondary N) is 1. The Balaban J connectivity index is 0. The molecule has 5 nitrogen and oxygen atoms in total. The third-order valence-corrected chi connectivity index (χ3v) is 9.75. The molecule has 0 aromatic heterocycles. The van der Waals surface area contributed by atoms with Crippen LogP contribution in [-0.4, -0.2) is 59.7 Å². The summed E-state index contributed by atoms with van der Waals surface area (Å²) in [6.45, 7) is 13.2. The molecule has 3 N–H and O–H groups in total. The van der Waals surface area contributed by atoms with Gasteiger partial charge in [0.05, 0.1) is 6.54 Å². The van der Waals surface area contributed by atoms with E-state index < -0.39 is 16.6 Å². The van der Waals surface area contributed by atoms with E-state index in [0.29, 0.717) is 6.42 Å². The van der Waals surface area contributed by atoms with Crippen molar-refractivity contribution < 1.29 is 18.9 Å². The molecule has 146 valence electrons. The van der Waals surface area contributed by atoms with E-state index >= 15 is 0 Å². The monoisotopic (exact) mass is 378 g/mol. The number of unbranched alkanes of at least 4 members (excludes halogenated alkanes) is 2. The highest BCUT2D eigenvalue weighted by Gasteiger charge is 2.28. The third kappa shape index (κ3) is 18.1. The van der Waals surface area contributed by atoms with Crippen LogP contribution in [0.2, 0.25) is 38.8 Å². The van der Waals surface area contributed by atoms with E-state index in [2.05, 4.69) is 59.2 Å². The molecule has 0 aromatic carbocycles. The zero-order valence-electron chi connectivity index (χ0n) is 17.1. The molecule has 24 heavy (non-hydrogen) atoms. The zero-order chi connectivity index (χ0) is 18.1. The lowest BCUT2D eigenvalue weighted by atomic mass is 10.2. The van der Waals surface area contributed by atoms with Gasteiger partial charge in [-0.2, -0.15) is 0 Å². The van der Waals surface area contributed by atoms with Crippen molar-refractivity contribution in [2.24, 2.45) is 0 Å². The quantitative estimate of drug-likeness (QED) is 0.245. The Morgan fingerprint density at radius 2 is 1.62 bits per heavy atom. The van der Waals surface area contributed by atoms with Crippen molar-refractivity contribution in [1.82, 2.24) is 5.32 Å². The van der Waals surface area contributed by atoms with Gasteiger partial charge in [-0.3, -0.25) is 4.79 Å². The van der Waals surface area contributed by atoms with Gasteiger partial charge in [-0.25, -0.2) is 0 Å². The fourth-order valence-electron chi connectivity index (χ4n) is 2.71. The van der Waals surface area contributed by atoms with E-state index in [9.17, 15) is 4.79 Å². The van der Waals surface area contributed by atoms with Crippen LogP contribution in [0.25, 0.3) is 0 Å². The molecule has 0 aliphatic heterocycles. The second-order valence-electron chi connectivity index (χ2n) is 8.90. The van der Waals surface area contributed by atoms with E-state index in [4.69, 9.17) is 4.12 Å². The number of amides is 1. The first-order valence-electron chi connectivity index (χ1n) is 8.95. The fourth-order valence-corrected chi connectivity index (χ4v) is 10.8. The SMILES string of the molecule is O.[CH2-][N+](C)(C)CCCCCC(=O)NCCC[Si](C)(C)O[Si](C)(C)C. The van der Waals surface area contributed by atoms with Crippen LogP contribution >= 0.6 is 0 Å². The van der Waals surface area contributed by atoms with E-state index in [0.717, 1.165) is 49.3 Å². The number of hydrogen-bond acceptors (Lipinski definition) is 2. The molecule has 0 saturated heterocycles. The van der Waals surface area contributed by atoms with Crippen molar-refractivity contribution in [2.45, 2.75) is 70.9 Å². The summed E-state index contributed by atoms with van der Waals surface area (Å²) in [6, 6.07) is 1.12. The highest BCUT2D eigenvalue weighted by Crippen LogP contribution is 2.19. The Morgan fingerprint density at radius 3 is 2.12 bits per heavy atom. The van der Waals surface area contributed by atoms with Crippen LogP contribution in [-0.2, 0) is 8.91 Å². The standard InChI is InChI=1S/C17H40N2O2Si2.H2O/c1-19(2,3)15-11-9-10-13-17(20)18-14-12-16-23(7,8)21-22(4,5)6;/h1,9-16H2,2-8H3,(H,18,20);1H2. The number of carbonyl (C=O) groups excluding carboxylic acids is 1. The van der Waals surface area contributed by atoms with Gasteiger partial charge in [0.2, 0.25) is 5.91 Å². The molecule has 0 radical (unpaired) electrons. The van der Waals surface area contributed by atoms with Crippen LogP contribution in [0, 0.1) is 7.05 Å². The van der Waals surface area contributed by atoms with Gasteiger partial charge in [0.1, 0.15) is 0 Å². The number of quaternary nitrogens is 1. The fraction of sp³-hybridized carbons (Fsp3) is 0.882. The first-order valence-corrected chi connectivity index (χ1v) is 15.5. The van der Waals surface area contributed by atoms with Gasteiger partial charge in [-0.05, 0) is 64.5 Å². The van der Waals surface area contributed by atoms with Gasteiger partial charge in [0.25, 0.3) is 0 Å². The Bertz CT molecular complexity index is 351. The van der Waals surface area contributed by atoms with Crippen LogP contribution in [0.4, 0.5) is 0 Å². The molecular formula is C17H42N2O3Si2. The third-order valence-electron chi connectivity index (χ3n) is 3.53. The zero-order valence-corrected chi connectivity index (χ0v) is 19.1. The van der Waals surface area contributed by atoms with Crippen LogP contribution in [0.15, 0.2) is 0 Å². The average Bonchev–Trinajstić information content (AvgIpc) is 2.30. The first-order chi connectivity index (χ1) is 10.3. The maximum Gasteiger partial charge on any atom is 0.219 e. The Hall–Kier alpha value is -0.216. The largest absolute Gasteiger partial charge is 0.462 e. The van der Waals surface area contributed by atoms with Gasteiger partial charge >= 0.3 is 0 Å². The minimum atomic E-state index is -1.56. The lowest BCUT2D eigenvalue weighted by molar-refractivity contribution is -0.845. The van der Waals surface area contributed by atoms with Crippen molar-refractivity contribution in [1.29, 1.82) is 0 Å². The second kappa shape index (κ2) is 11.4. The van der Waals surface area contributed by atoms with Crippen LogP contribution in [0.3, 0.4) is 0 Å². The molecule has 0 heterocycles. The summed E-state index contributed by atoms with van der Waals surface area (Å²) in [5.74, 6) is 0.193. The molecule has 0 aliphatic carbocycles. The predicted molar refractivity (Wildman–Crippen MR) is 109 cm³/mol. The summed E-state index contributed by atoms with van der Waals surface area (Å²) in [4.78, 5) is 11.8. The van der Waals surface area contributed by atoms with Crippen molar-refractivity contribution in [3.8, 4) is 0 Å². The van der Waals surface area contributed by atoms with Crippen LogP contribution < -0.4 is 5.32 Å². The topological polar surface area (TPSA) is 69.8 Å². The lowest BCUT2D eigenvalue weighted by Crippen LogP contribution is -2.42. The van der Waals surface area contributed by atoms with Gasteiger partial charge < -0.3 is 19.4 Å². The molecule has 0 unspecified atom stereocenters. The molecule has 0 aromatic rings. The summed E-state index contributed by atoms with van der Waals surface area (Å²) in [5, 5.41) is 3.05. The summed E-state index contributed by atoms with van der Waals surface area (Å²) in [5.41, 5.74) is 0. The highest BCUT2D eigenvalue weighted by molar-refractivity contribution is 6.84. The smallest absolute Gasteiger partial charge is 0.219 e. The molecular weight excluding hydrogens is 336 g/mol. The van der Waals surface area contributed by atoms with Crippen molar-refractivity contribution in [3.05, 3.63) is 7.05 Å². The first kappa shape index (κ1) is 26.0. The average molecular weight is 379 g/mol. The van der Waals surface area contributed by atoms with Crippen LogP contribution in [0.1, 0.15) is 32.1 Å². The maximum absolute atomic E-state index is 11.8. The Labute approximate surface area is 152 Å². The number of carbonyl (C=O) groups is 1. The molecule has 0 saturated carbocycles. The van der Waals surface area contributed by atoms with E-state index in [-0.39, 0.29) is 11.4 Å². The lowest BCUT2D eigenvalue weighted by Gasteiger charge is -2.32. The highest BCUT2D eigenvalue weighted by atomic mass is 28.4. The molecule has 0 fully saturated rings. The molecule has 0 aliphatic rings. The molecule has 7 heteroatoms. The van der Waals surface area contributed by atoms with E-state index in [1.54, 1.807) is 0 Å². The van der Waals surface area contributed by atoms with Crippen molar-refractivity contribution >= 4 is 22.5 Å². The summed E-state index contributed by atoms with van der Waals surface area (Å²) in [6.07, 6.45) is 4.90. The minimum Gasteiger partial charge on any atom is -0.462 e. The van der Waals surface area contributed by atoms with Crippen molar-refractivity contribution in [3.63, 3.8) is 0 Å². The van der Waals surface area contributed by atoms with Crippen LogP contribution in [0.5, 0.6) is 0 Å². The van der Waals surface area contributed by atoms with Gasteiger partial charge in [0, 0.05) is 27.1 Å². The minimum absolute atomic E-state index is 0. The normalized spacial score (nSPS) is 12.7. The molecule has 0 bridgehead atoms. The summed E-state index contributed by atoms with van der Waals surface area (Å²) < 4.78 is 7.07. The molecule has 0 rings (SSSR count). The second-order valence-corrected chi connectivity index (χ2v) is 18.0. The van der Waals surface area contributed by atoms with Gasteiger partial charge in [0.15, 0.2) is 16.6 Å². The van der Waals surface area contributed by atoms with Gasteiger partial charge in [-0.1, -0.05) is 0 Å². The van der Waals surface area contributed by atoms with Crippen molar-refractivity contribution in [2.75, 3.05) is 27.2 Å². The Kier molecular flexibility index (Phi) is 12.4. The van der Waals surface area contributed by atoms with Gasteiger partial charge in [-0.15, -0.1) is 7.05 Å². The van der Waals surface area contributed by atoms with E-state index in [1.165, 1.54) is 0 Å².